The van der Waals surface area contributed by atoms with Gasteiger partial charge in [0.15, 0.2) is 0 Å². The molecule has 1 fully saturated rings. The predicted molar refractivity (Wildman–Crippen MR) is 56.6 cm³/mol. The molecule has 0 aromatic heterocycles. The maximum atomic E-state index is 11.7. The zero-order valence-corrected chi connectivity index (χ0v) is 10.7. The van der Waals surface area contributed by atoms with Gasteiger partial charge in [-0.25, -0.2) is 0 Å². The number of carbonyl (C=O) groups is 1. The van der Waals surface area contributed by atoms with Crippen molar-refractivity contribution in [1.82, 2.24) is 4.90 Å². The van der Waals surface area contributed by atoms with Crippen molar-refractivity contribution in [2.24, 2.45) is 0 Å². The molecule has 84 valence electrons. The van der Waals surface area contributed by atoms with Gasteiger partial charge in [-0.2, -0.15) is 0 Å². The molecule has 5 heteroatoms. The minimum atomic E-state index is -0.642. The summed E-state index contributed by atoms with van der Waals surface area (Å²) in [7, 11) is 1.63. The summed E-state index contributed by atoms with van der Waals surface area (Å²) in [6, 6.07) is 6.67. The summed E-state index contributed by atoms with van der Waals surface area (Å²) in [6.07, 6.45) is 1.80. The van der Waals surface area contributed by atoms with Crippen LogP contribution in [0.4, 0.5) is 0 Å². The van der Waals surface area contributed by atoms with Gasteiger partial charge < -0.3 is 0 Å². The maximum absolute atomic E-state index is 11.7. The monoisotopic (exact) mass is 329 g/mol. The Morgan fingerprint density at radius 3 is 2.50 bits per heavy atom. The molecule has 0 saturated carbocycles. The summed E-state index contributed by atoms with van der Waals surface area (Å²) in [4.78, 5) is 13.1. The van der Waals surface area contributed by atoms with E-state index in [1.165, 1.54) is 4.90 Å². The molecule has 1 aromatic rings. The normalized spacial score (nSPS) is 19.1. The van der Waals surface area contributed by atoms with E-state index in [4.69, 9.17) is 10.5 Å². The summed E-state index contributed by atoms with van der Waals surface area (Å²) in [5.41, 5.74) is 0.879. The van der Waals surface area contributed by atoms with Crippen LogP contribution in [0.15, 0.2) is 27.8 Å². The van der Waals surface area contributed by atoms with Crippen LogP contribution in [0, 0.1) is 5.41 Å². The molecule has 2 rings (SSSR count). The average molecular weight is 329 g/mol. The zero-order chi connectivity index (χ0) is 11.7. The van der Waals surface area contributed by atoms with Crippen molar-refractivity contribution in [1.29, 1.82) is 5.41 Å². The minimum absolute atomic E-state index is 0.0779. The second kappa shape index (κ2) is 4.25. The van der Waals surface area contributed by atoms with Crippen LogP contribution in [0.1, 0.15) is 5.56 Å². The number of rotatable bonds is 1. The number of phenols is 1. The summed E-state index contributed by atoms with van der Waals surface area (Å²) in [5.74, 6) is 0.130. The summed E-state index contributed by atoms with van der Waals surface area (Å²) >= 11 is -0.642. The molecule has 0 atom stereocenters. The molecule has 4 nitrogen and oxygen atoms in total. The number of likely N-dealkylation sites (N-methyl/N-ethyl adjacent to an activating group) is 1. The van der Waals surface area contributed by atoms with Gasteiger partial charge in [-0.15, -0.1) is 0 Å². The third-order valence-corrected chi connectivity index (χ3v) is 4.77. The first-order valence-electron chi connectivity index (χ1n) is 4.60. The molecule has 1 heterocycles. The first-order valence-corrected chi connectivity index (χ1v) is 6.76. The standard InChI is InChI=1S/C11H10IN2O2/c1-14-10(16)9(12-11(14)13)6-7-2-4-8(15)5-3-7/h2-6,13,15H,1H3/q-1/b9-6-,13-11?. The van der Waals surface area contributed by atoms with E-state index in [-0.39, 0.29) is 11.7 Å². The van der Waals surface area contributed by atoms with Crippen LogP contribution in [0.3, 0.4) is 0 Å². The van der Waals surface area contributed by atoms with Crippen molar-refractivity contribution >= 4 is 15.8 Å². The van der Waals surface area contributed by atoms with Crippen LogP contribution in [0.5, 0.6) is 5.75 Å². The van der Waals surface area contributed by atoms with E-state index in [1.807, 2.05) is 0 Å². The van der Waals surface area contributed by atoms with E-state index in [9.17, 15) is 4.79 Å². The van der Waals surface area contributed by atoms with Gasteiger partial charge >= 0.3 is 103 Å². The van der Waals surface area contributed by atoms with Gasteiger partial charge in [0.25, 0.3) is 0 Å². The van der Waals surface area contributed by atoms with Crippen LogP contribution in [-0.4, -0.2) is 26.8 Å². The van der Waals surface area contributed by atoms with Crippen LogP contribution in [0.25, 0.3) is 6.08 Å². The van der Waals surface area contributed by atoms with Crippen LogP contribution >= 0.6 is 0 Å². The van der Waals surface area contributed by atoms with Gasteiger partial charge in [-0.1, -0.05) is 0 Å². The molecule has 1 aliphatic heterocycles. The topological polar surface area (TPSA) is 64.4 Å². The van der Waals surface area contributed by atoms with Crippen molar-refractivity contribution < 1.29 is 31.1 Å². The molecule has 0 radical (unpaired) electrons. The molecule has 0 unspecified atom stereocenters. The molecule has 1 saturated heterocycles. The Labute approximate surface area is 103 Å². The average Bonchev–Trinajstić information content (AvgIpc) is 2.50. The van der Waals surface area contributed by atoms with Crippen LogP contribution in [0.2, 0.25) is 0 Å². The van der Waals surface area contributed by atoms with Crippen molar-refractivity contribution in [3.63, 3.8) is 0 Å². The molecule has 2 N–H and O–H groups in total. The van der Waals surface area contributed by atoms with E-state index in [0.29, 0.717) is 3.84 Å². The molecular weight excluding hydrogens is 319 g/mol. The quantitative estimate of drug-likeness (QED) is 0.364. The number of halogens is 1. The van der Waals surface area contributed by atoms with Gasteiger partial charge in [0.05, 0.1) is 0 Å². The first-order chi connectivity index (χ1) is 7.58. The van der Waals surface area contributed by atoms with E-state index >= 15 is 0 Å². The summed E-state index contributed by atoms with van der Waals surface area (Å²) in [5, 5.41) is 16.7. The molecule has 0 spiro atoms. The number of amidine groups is 1. The number of amides is 1. The predicted octanol–water partition coefficient (Wildman–Crippen LogP) is -1.77. The van der Waals surface area contributed by atoms with E-state index in [0.717, 1.165) is 9.14 Å². The van der Waals surface area contributed by atoms with Crippen molar-refractivity contribution in [2.45, 2.75) is 0 Å². The second-order valence-corrected chi connectivity index (χ2v) is 6.06. The number of carbonyl (C=O) groups excluding carboxylic acids is 1. The van der Waals surface area contributed by atoms with Gasteiger partial charge in [0, 0.05) is 0 Å². The van der Waals surface area contributed by atoms with Crippen molar-refractivity contribution in [2.75, 3.05) is 7.05 Å². The Balaban J connectivity index is 2.29. The van der Waals surface area contributed by atoms with Crippen LogP contribution < -0.4 is 21.2 Å². The summed E-state index contributed by atoms with van der Waals surface area (Å²) < 4.78 is 1.14. The van der Waals surface area contributed by atoms with E-state index in [2.05, 4.69) is 0 Å². The Hall–Kier alpha value is -1.37. The fraction of sp³-hybridized carbons (Fsp3) is 0.0909. The molecule has 1 aromatic carbocycles. The number of nitrogens with one attached hydrogen (secondary N) is 1. The Kier molecular flexibility index (Phi) is 2.95. The second-order valence-electron chi connectivity index (χ2n) is 3.33. The molecule has 0 aliphatic carbocycles. The Morgan fingerprint density at radius 2 is 2.00 bits per heavy atom. The molecule has 1 aliphatic rings. The molecule has 0 bridgehead atoms. The van der Waals surface area contributed by atoms with Gasteiger partial charge in [0.2, 0.25) is 0 Å². The number of nitrogens with zero attached hydrogens (tertiary/aromatic N) is 1. The third-order valence-electron chi connectivity index (χ3n) is 2.18. The molecular formula is C11H10IN2O2-. The molecule has 16 heavy (non-hydrogen) atoms. The van der Waals surface area contributed by atoms with Gasteiger partial charge in [-0.3, -0.25) is 0 Å². The van der Waals surface area contributed by atoms with E-state index in [1.54, 1.807) is 37.4 Å². The van der Waals surface area contributed by atoms with Crippen molar-refractivity contribution in [3.8, 4) is 5.75 Å². The number of hydrogen-bond acceptors (Lipinski definition) is 3. The van der Waals surface area contributed by atoms with Crippen LogP contribution in [-0.2, 0) is 4.79 Å². The van der Waals surface area contributed by atoms with Gasteiger partial charge in [0.1, 0.15) is 0 Å². The Bertz CT molecular complexity index is 479. The Morgan fingerprint density at radius 1 is 1.38 bits per heavy atom. The first kappa shape index (κ1) is 11.1. The number of aromatic hydroxyl groups is 1. The molecule has 1 amide bonds. The van der Waals surface area contributed by atoms with E-state index < -0.39 is 21.2 Å². The fourth-order valence-electron chi connectivity index (χ4n) is 1.26. The third kappa shape index (κ3) is 2.08. The number of hydrogen-bond donors (Lipinski definition) is 2. The number of phenolic OH excluding ortho intramolecular Hbond substituents is 1. The zero-order valence-electron chi connectivity index (χ0n) is 8.57. The van der Waals surface area contributed by atoms with Gasteiger partial charge in [-0.05, 0) is 0 Å². The van der Waals surface area contributed by atoms with Crippen molar-refractivity contribution in [3.05, 3.63) is 33.4 Å². The summed E-state index contributed by atoms with van der Waals surface area (Å²) in [6.45, 7) is 0. The fourth-order valence-corrected chi connectivity index (χ4v) is 3.49. The number of benzene rings is 1. The SMILES string of the molecule is CN1C(=N)[I-]/C(=C\c2ccc(O)cc2)C1=O.